The average molecular weight is 351 g/mol. The summed E-state index contributed by atoms with van der Waals surface area (Å²) in [6, 6.07) is 12.7. The summed E-state index contributed by atoms with van der Waals surface area (Å²) in [5, 5.41) is 2.81. The van der Waals surface area contributed by atoms with Gasteiger partial charge >= 0.3 is 0 Å². The van der Waals surface area contributed by atoms with E-state index in [1.165, 1.54) is 0 Å². The van der Waals surface area contributed by atoms with E-state index in [0.29, 0.717) is 17.1 Å². The highest BCUT2D eigenvalue weighted by Gasteiger charge is 2.11. The molecule has 2 rings (SSSR count). The number of nitrogen functional groups attached to an aromatic ring is 1. The Morgan fingerprint density at radius 1 is 1.21 bits per heavy atom. The summed E-state index contributed by atoms with van der Waals surface area (Å²) >= 11 is 0. The van der Waals surface area contributed by atoms with Crippen LogP contribution < -0.4 is 20.5 Å². The van der Waals surface area contributed by atoms with Gasteiger partial charge in [-0.15, -0.1) is 12.4 Å². The van der Waals surface area contributed by atoms with Crippen molar-refractivity contribution >= 4 is 29.7 Å². The Morgan fingerprint density at radius 3 is 2.58 bits per heavy atom. The molecule has 6 heteroatoms. The quantitative estimate of drug-likeness (QED) is 0.779. The Bertz CT molecular complexity index is 690. The zero-order chi connectivity index (χ0) is 16.8. The van der Waals surface area contributed by atoms with Gasteiger partial charge in [-0.1, -0.05) is 18.2 Å². The van der Waals surface area contributed by atoms with Gasteiger partial charge in [0.25, 0.3) is 0 Å². The second-order valence-corrected chi connectivity index (χ2v) is 5.45. The van der Waals surface area contributed by atoms with E-state index in [1.54, 1.807) is 25.3 Å². The highest BCUT2D eigenvalue weighted by molar-refractivity contribution is 5.95. The molecular formula is C18H23ClN2O3. The van der Waals surface area contributed by atoms with Crippen LogP contribution in [0.5, 0.6) is 11.5 Å². The first-order valence-corrected chi connectivity index (χ1v) is 7.47. The lowest BCUT2D eigenvalue weighted by molar-refractivity contribution is -0.115. The van der Waals surface area contributed by atoms with Crippen LogP contribution in [0.4, 0.5) is 11.4 Å². The normalized spacial score (nSPS) is 10.0. The van der Waals surface area contributed by atoms with Gasteiger partial charge in [0.2, 0.25) is 5.91 Å². The molecule has 2 aromatic rings. The number of amides is 1. The van der Waals surface area contributed by atoms with E-state index in [1.807, 2.05) is 38.1 Å². The standard InChI is InChI=1S/C18H22N2O3.ClH/c1-12(2)23-17-7-5-4-6-13(17)10-18(21)20-16-11-14(22-3)8-9-15(16)19;/h4-9,11-12H,10,19H2,1-3H3,(H,20,21);1H. The van der Waals surface area contributed by atoms with Crippen LogP contribution in [0.25, 0.3) is 0 Å². The first-order chi connectivity index (χ1) is 11.0. The molecule has 0 bridgehead atoms. The molecule has 0 radical (unpaired) electrons. The van der Waals surface area contributed by atoms with Crippen LogP contribution in [0.15, 0.2) is 42.5 Å². The van der Waals surface area contributed by atoms with Crippen molar-refractivity contribution in [2.75, 3.05) is 18.2 Å². The van der Waals surface area contributed by atoms with Gasteiger partial charge in [0, 0.05) is 11.6 Å². The molecule has 5 nitrogen and oxygen atoms in total. The van der Waals surface area contributed by atoms with Gasteiger partial charge in [-0.3, -0.25) is 4.79 Å². The van der Waals surface area contributed by atoms with E-state index in [2.05, 4.69) is 5.32 Å². The van der Waals surface area contributed by atoms with Crippen LogP contribution >= 0.6 is 12.4 Å². The van der Waals surface area contributed by atoms with Gasteiger partial charge < -0.3 is 20.5 Å². The minimum absolute atomic E-state index is 0. The predicted molar refractivity (Wildman–Crippen MR) is 99.2 cm³/mol. The maximum absolute atomic E-state index is 12.3. The number of carbonyl (C=O) groups is 1. The fourth-order valence-electron chi connectivity index (χ4n) is 2.16. The number of methoxy groups -OCH3 is 1. The van der Waals surface area contributed by atoms with Crippen LogP contribution in [0.2, 0.25) is 0 Å². The molecule has 0 spiro atoms. The van der Waals surface area contributed by atoms with Gasteiger partial charge in [-0.25, -0.2) is 0 Å². The molecule has 1 amide bonds. The van der Waals surface area contributed by atoms with Crippen molar-refractivity contribution in [1.29, 1.82) is 0 Å². The molecule has 130 valence electrons. The number of anilines is 2. The fraction of sp³-hybridized carbons (Fsp3) is 0.278. The van der Waals surface area contributed by atoms with Gasteiger partial charge in [-0.05, 0) is 32.0 Å². The van der Waals surface area contributed by atoms with Crippen LogP contribution in [-0.2, 0) is 11.2 Å². The summed E-state index contributed by atoms with van der Waals surface area (Å²) < 4.78 is 10.9. The number of halogens is 1. The molecule has 24 heavy (non-hydrogen) atoms. The van der Waals surface area contributed by atoms with Crippen LogP contribution in [0, 0.1) is 0 Å². The fourth-order valence-corrected chi connectivity index (χ4v) is 2.16. The van der Waals surface area contributed by atoms with E-state index >= 15 is 0 Å². The molecular weight excluding hydrogens is 328 g/mol. The molecule has 0 aromatic heterocycles. The molecule has 3 N–H and O–H groups in total. The minimum Gasteiger partial charge on any atom is -0.497 e. The highest BCUT2D eigenvalue weighted by atomic mass is 35.5. The largest absolute Gasteiger partial charge is 0.497 e. The number of carbonyl (C=O) groups excluding carboxylic acids is 1. The lowest BCUT2D eigenvalue weighted by Gasteiger charge is -2.14. The van der Waals surface area contributed by atoms with Crippen LogP contribution in [0.1, 0.15) is 19.4 Å². The summed E-state index contributed by atoms with van der Waals surface area (Å²) in [6.45, 7) is 3.90. The molecule has 0 saturated carbocycles. The van der Waals surface area contributed by atoms with Crippen molar-refractivity contribution in [3.05, 3.63) is 48.0 Å². The van der Waals surface area contributed by atoms with Crippen molar-refractivity contribution in [2.45, 2.75) is 26.4 Å². The number of hydrogen-bond acceptors (Lipinski definition) is 4. The number of rotatable bonds is 6. The maximum atomic E-state index is 12.3. The van der Waals surface area contributed by atoms with E-state index in [-0.39, 0.29) is 30.8 Å². The second kappa shape index (κ2) is 9.03. The zero-order valence-corrected chi connectivity index (χ0v) is 14.9. The first-order valence-electron chi connectivity index (χ1n) is 7.47. The summed E-state index contributed by atoms with van der Waals surface area (Å²) in [5.41, 5.74) is 7.75. The second-order valence-electron chi connectivity index (χ2n) is 5.45. The van der Waals surface area contributed by atoms with Gasteiger partial charge in [0.15, 0.2) is 0 Å². The Balaban J connectivity index is 0.00000288. The van der Waals surface area contributed by atoms with E-state index in [9.17, 15) is 4.79 Å². The Hall–Kier alpha value is -2.40. The SMILES string of the molecule is COc1ccc(N)c(NC(=O)Cc2ccccc2OC(C)C)c1.Cl. The predicted octanol–water partition coefficient (Wildman–Crippen LogP) is 3.67. The van der Waals surface area contributed by atoms with Gasteiger partial charge in [0.05, 0.1) is 31.0 Å². The summed E-state index contributed by atoms with van der Waals surface area (Å²) in [4.78, 5) is 12.3. The lowest BCUT2D eigenvalue weighted by Crippen LogP contribution is -2.17. The highest BCUT2D eigenvalue weighted by Crippen LogP contribution is 2.25. The average Bonchev–Trinajstić information content (AvgIpc) is 2.51. The Morgan fingerprint density at radius 2 is 1.92 bits per heavy atom. The monoisotopic (exact) mass is 350 g/mol. The molecule has 2 aromatic carbocycles. The Kier molecular flexibility index (Phi) is 7.39. The van der Waals surface area contributed by atoms with Crippen molar-refractivity contribution in [3.8, 4) is 11.5 Å². The number of ether oxygens (including phenoxy) is 2. The van der Waals surface area contributed by atoms with Crippen LogP contribution in [-0.4, -0.2) is 19.1 Å². The number of para-hydroxylation sites is 1. The maximum Gasteiger partial charge on any atom is 0.228 e. The summed E-state index contributed by atoms with van der Waals surface area (Å²) in [7, 11) is 1.57. The third-order valence-corrected chi connectivity index (χ3v) is 3.22. The van der Waals surface area contributed by atoms with Gasteiger partial charge in [0.1, 0.15) is 11.5 Å². The minimum atomic E-state index is -0.162. The zero-order valence-electron chi connectivity index (χ0n) is 14.0. The van der Waals surface area contributed by atoms with E-state index in [0.717, 1.165) is 11.3 Å². The van der Waals surface area contributed by atoms with Crippen LogP contribution in [0.3, 0.4) is 0 Å². The number of benzene rings is 2. The van der Waals surface area contributed by atoms with Crippen molar-refractivity contribution in [3.63, 3.8) is 0 Å². The lowest BCUT2D eigenvalue weighted by atomic mass is 10.1. The molecule has 0 unspecified atom stereocenters. The number of nitrogens with two attached hydrogens (primary N) is 1. The molecule has 0 aliphatic heterocycles. The molecule has 0 atom stereocenters. The molecule has 0 aliphatic carbocycles. The topological polar surface area (TPSA) is 73.6 Å². The molecule has 0 heterocycles. The van der Waals surface area contributed by atoms with Crippen molar-refractivity contribution in [2.24, 2.45) is 0 Å². The molecule has 0 saturated heterocycles. The van der Waals surface area contributed by atoms with E-state index in [4.69, 9.17) is 15.2 Å². The van der Waals surface area contributed by atoms with Gasteiger partial charge in [-0.2, -0.15) is 0 Å². The van der Waals surface area contributed by atoms with Crippen molar-refractivity contribution < 1.29 is 14.3 Å². The van der Waals surface area contributed by atoms with E-state index < -0.39 is 0 Å². The third kappa shape index (κ3) is 5.35. The first kappa shape index (κ1) is 19.6. The Labute approximate surface area is 148 Å². The van der Waals surface area contributed by atoms with Crippen molar-refractivity contribution in [1.82, 2.24) is 0 Å². The number of nitrogens with one attached hydrogen (secondary N) is 1. The summed E-state index contributed by atoms with van der Waals surface area (Å²) in [6.07, 6.45) is 0.257. The number of hydrogen-bond donors (Lipinski definition) is 2. The molecule has 0 aliphatic rings. The third-order valence-electron chi connectivity index (χ3n) is 3.22. The summed E-state index contributed by atoms with van der Waals surface area (Å²) in [5.74, 6) is 1.19. The smallest absolute Gasteiger partial charge is 0.228 e. The molecule has 0 fully saturated rings.